The summed E-state index contributed by atoms with van der Waals surface area (Å²) < 4.78 is 1.43. The van der Waals surface area contributed by atoms with E-state index in [2.05, 4.69) is 10.1 Å². The van der Waals surface area contributed by atoms with Crippen LogP contribution in [-0.2, 0) is 0 Å². The predicted octanol–water partition coefficient (Wildman–Crippen LogP) is 0.691. The fraction of sp³-hybridized carbons (Fsp3) is 0.300. The van der Waals surface area contributed by atoms with Crippen molar-refractivity contribution in [1.29, 1.82) is 5.26 Å². The first-order valence-electron chi connectivity index (χ1n) is 4.86. The van der Waals surface area contributed by atoms with Crippen LogP contribution in [0.25, 0.3) is 5.65 Å². The molecule has 0 aliphatic heterocycles. The number of hydrogen-bond donors (Lipinski definition) is 2. The Morgan fingerprint density at radius 3 is 3.00 bits per heavy atom. The van der Waals surface area contributed by atoms with Gasteiger partial charge in [0, 0.05) is 11.8 Å². The summed E-state index contributed by atoms with van der Waals surface area (Å²) in [5.74, 6) is 0. The number of halogens is 1. The molecule has 0 aromatic carbocycles. The molecular weight excluding hydrogens is 244 g/mol. The normalized spacial score (nSPS) is 14.5. The van der Waals surface area contributed by atoms with Gasteiger partial charge in [0.05, 0.1) is 24.8 Å². The Balaban J connectivity index is 2.42. The molecule has 0 spiro atoms. The van der Waals surface area contributed by atoms with Crippen LogP contribution in [0.15, 0.2) is 18.5 Å². The van der Waals surface area contributed by atoms with Crippen LogP contribution < -0.4 is 0 Å². The number of hydrogen-bond acceptors (Lipinski definition) is 5. The van der Waals surface area contributed by atoms with Crippen molar-refractivity contribution in [3.05, 3.63) is 29.2 Å². The minimum atomic E-state index is -1.21. The van der Waals surface area contributed by atoms with Crippen LogP contribution in [0.1, 0.15) is 18.1 Å². The van der Waals surface area contributed by atoms with Gasteiger partial charge in [0.25, 0.3) is 0 Å². The number of rotatable bonds is 3. The van der Waals surface area contributed by atoms with E-state index in [1.54, 1.807) is 18.3 Å². The first-order valence-corrected chi connectivity index (χ1v) is 5.24. The fourth-order valence-electron chi connectivity index (χ4n) is 1.49. The summed E-state index contributed by atoms with van der Waals surface area (Å²) in [6.07, 6.45) is 0.437. The average molecular weight is 253 g/mol. The quantitative estimate of drug-likeness (QED) is 0.784. The Kier molecular flexibility index (Phi) is 3.24. The van der Waals surface area contributed by atoms with Gasteiger partial charge in [0.1, 0.15) is 11.3 Å². The Morgan fingerprint density at radius 2 is 2.29 bits per heavy atom. The van der Waals surface area contributed by atoms with Crippen LogP contribution in [-0.4, -0.2) is 30.9 Å². The van der Waals surface area contributed by atoms with E-state index in [0.717, 1.165) is 0 Å². The lowest BCUT2D eigenvalue weighted by molar-refractivity contribution is 0.0223. The number of nitrogens with zero attached hydrogens (tertiary/aromatic N) is 4. The Hall–Kier alpha value is -1.68. The summed E-state index contributed by atoms with van der Waals surface area (Å²) >= 11 is 5.74. The number of aliphatic hydroxyl groups excluding tert-OH is 2. The molecule has 2 unspecified atom stereocenters. The number of aliphatic hydroxyl groups is 2. The van der Waals surface area contributed by atoms with E-state index < -0.39 is 12.2 Å². The van der Waals surface area contributed by atoms with Crippen LogP contribution in [0.4, 0.5) is 0 Å². The zero-order chi connectivity index (χ0) is 12.4. The third kappa shape index (κ3) is 2.22. The Bertz CT molecular complexity index is 577. The number of aromatic nitrogens is 3. The van der Waals surface area contributed by atoms with Crippen molar-refractivity contribution < 1.29 is 10.2 Å². The molecule has 2 heterocycles. The minimum Gasteiger partial charge on any atom is -0.389 e. The average Bonchev–Trinajstić information content (AvgIpc) is 2.71. The summed E-state index contributed by atoms with van der Waals surface area (Å²) in [5.41, 5.74) is 0.706. The van der Waals surface area contributed by atoms with Gasteiger partial charge < -0.3 is 10.2 Å². The van der Waals surface area contributed by atoms with Gasteiger partial charge in [0.2, 0.25) is 0 Å². The second kappa shape index (κ2) is 4.67. The van der Waals surface area contributed by atoms with Crippen LogP contribution in [0.5, 0.6) is 0 Å². The maximum absolute atomic E-state index is 9.86. The van der Waals surface area contributed by atoms with E-state index in [1.807, 2.05) is 0 Å². The van der Waals surface area contributed by atoms with E-state index in [4.69, 9.17) is 16.9 Å². The van der Waals surface area contributed by atoms with Crippen LogP contribution in [0, 0.1) is 11.3 Å². The fourth-order valence-corrected chi connectivity index (χ4v) is 1.62. The van der Waals surface area contributed by atoms with Gasteiger partial charge in [-0.25, -0.2) is 9.50 Å². The largest absolute Gasteiger partial charge is 0.389 e. The molecule has 0 saturated carbocycles. The SMILES string of the molecule is N#CCC(O)C(O)c1cnn2ccc(Cl)nc12. The molecule has 2 rings (SSSR count). The maximum Gasteiger partial charge on any atom is 0.162 e. The Labute approximate surface area is 102 Å². The van der Waals surface area contributed by atoms with E-state index in [9.17, 15) is 10.2 Å². The lowest BCUT2D eigenvalue weighted by Gasteiger charge is -2.13. The molecule has 2 aromatic heterocycles. The van der Waals surface area contributed by atoms with Crippen LogP contribution in [0.2, 0.25) is 5.15 Å². The van der Waals surface area contributed by atoms with Crippen molar-refractivity contribution in [3.63, 3.8) is 0 Å². The molecular formula is C10H9ClN4O2. The topological polar surface area (TPSA) is 94.4 Å². The van der Waals surface area contributed by atoms with Gasteiger partial charge in [-0.05, 0) is 6.07 Å². The zero-order valence-corrected chi connectivity index (χ0v) is 9.41. The van der Waals surface area contributed by atoms with Crippen molar-refractivity contribution in [1.82, 2.24) is 14.6 Å². The highest BCUT2D eigenvalue weighted by atomic mass is 35.5. The first kappa shape index (κ1) is 11.8. The molecule has 0 amide bonds. The van der Waals surface area contributed by atoms with E-state index >= 15 is 0 Å². The molecule has 7 heteroatoms. The summed E-state index contributed by atoms with van der Waals surface area (Å²) in [7, 11) is 0. The van der Waals surface area contributed by atoms with Gasteiger partial charge in [-0.15, -0.1) is 0 Å². The molecule has 17 heavy (non-hydrogen) atoms. The predicted molar refractivity (Wildman–Crippen MR) is 59.2 cm³/mol. The number of fused-ring (bicyclic) bond motifs is 1. The third-order valence-electron chi connectivity index (χ3n) is 2.35. The van der Waals surface area contributed by atoms with Gasteiger partial charge in [-0.2, -0.15) is 10.4 Å². The van der Waals surface area contributed by atoms with E-state index in [-0.39, 0.29) is 11.6 Å². The smallest absolute Gasteiger partial charge is 0.162 e. The second-order valence-electron chi connectivity index (χ2n) is 3.49. The summed E-state index contributed by atoms with van der Waals surface area (Å²) in [6, 6.07) is 3.35. The highest BCUT2D eigenvalue weighted by Crippen LogP contribution is 2.22. The van der Waals surface area contributed by atoms with Crippen molar-refractivity contribution >= 4 is 17.2 Å². The van der Waals surface area contributed by atoms with Crippen molar-refractivity contribution in [2.24, 2.45) is 0 Å². The monoisotopic (exact) mass is 252 g/mol. The molecule has 0 aliphatic rings. The molecule has 0 saturated heterocycles. The molecule has 88 valence electrons. The van der Waals surface area contributed by atoms with Gasteiger partial charge in [-0.3, -0.25) is 0 Å². The zero-order valence-electron chi connectivity index (χ0n) is 8.66. The molecule has 0 bridgehead atoms. The summed E-state index contributed by atoms with van der Waals surface area (Å²) in [6.45, 7) is 0. The third-order valence-corrected chi connectivity index (χ3v) is 2.56. The molecule has 6 nitrogen and oxygen atoms in total. The minimum absolute atomic E-state index is 0.168. The van der Waals surface area contributed by atoms with E-state index in [1.165, 1.54) is 10.7 Å². The van der Waals surface area contributed by atoms with Gasteiger partial charge >= 0.3 is 0 Å². The van der Waals surface area contributed by atoms with Crippen molar-refractivity contribution in [2.75, 3.05) is 0 Å². The van der Waals surface area contributed by atoms with Gasteiger partial charge in [-0.1, -0.05) is 11.6 Å². The van der Waals surface area contributed by atoms with E-state index in [0.29, 0.717) is 11.2 Å². The molecule has 0 fully saturated rings. The molecule has 2 aromatic rings. The van der Waals surface area contributed by atoms with Crippen LogP contribution >= 0.6 is 11.6 Å². The molecule has 2 N–H and O–H groups in total. The van der Waals surface area contributed by atoms with Crippen LogP contribution in [0.3, 0.4) is 0 Å². The van der Waals surface area contributed by atoms with Crippen molar-refractivity contribution in [3.8, 4) is 6.07 Å². The highest BCUT2D eigenvalue weighted by Gasteiger charge is 2.22. The molecule has 2 atom stereocenters. The first-order chi connectivity index (χ1) is 8.13. The lowest BCUT2D eigenvalue weighted by atomic mass is 10.1. The Morgan fingerprint density at radius 1 is 1.53 bits per heavy atom. The van der Waals surface area contributed by atoms with Crippen molar-refractivity contribution in [2.45, 2.75) is 18.6 Å². The standard InChI is InChI=1S/C10H9ClN4O2/c11-8-2-4-15-10(14-8)6(5-13-15)9(17)7(16)1-3-12/h2,4-5,7,9,16-17H,1H2. The maximum atomic E-state index is 9.86. The molecule has 0 aliphatic carbocycles. The second-order valence-corrected chi connectivity index (χ2v) is 3.88. The molecule has 0 radical (unpaired) electrons. The summed E-state index contributed by atoms with van der Waals surface area (Å²) in [5, 5.41) is 32.1. The highest BCUT2D eigenvalue weighted by molar-refractivity contribution is 6.29. The number of nitriles is 1. The van der Waals surface area contributed by atoms with Gasteiger partial charge in [0.15, 0.2) is 5.65 Å². The summed E-state index contributed by atoms with van der Waals surface area (Å²) in [4.78, 5) is 4.01. The lowest BCUT2D eigenvalue weighted by Crippen LogP contribution is -2.17.